The summed E-state index contributed by atoms with van der Waals surface area (Å²) in [5, 5.41) is 4.91. The molecule has 2 rings (SSSR count). The molecule has 0 unspecified atom stereocenters. The van der Waals surface area contributed by atoms with Gasteiger partial charge in [-0.1, -0.05) is 30.3 Å². The van der Waals surface area contributed by atoms with Gasteiger partial charge in [-0.2, -0.15) is 0 Å². The Morgan fingerprint density at radius 2 is 1.95 bits per heavy atom. The Hall–Kier alpha value is -2.37. The number of nitrogens with zero attached hydrogens (tertiary/aromatic N) is 1. The van der Waals surface area contributed by atoms with Crippen LogP contribution in [0, 0.1) is 0 Å². The Kier molecular flexibility index (Phi) is 4.92. The second kappa shape index (κ2) is 6.88. The molecule has 0 radical (unpaired) electrons. The van der Waals surface area contributed by atoms with E-state index < -0.39 is 0 Å². The van der Waals surface area contributed by atoms with E-state index in [0.29, 0.717) is 13.0 Å². The summed E-state index contributed by atoms with van der Waals surface area (Å²) in [6, 6.07) is 9.81. The van der Waals surface area contributed by atoms with Crippen LogP contribution in [0.2, 0.25) is 0 Å². The van der Waals surface area contributed by atoms with Gasteiger partial charge in [0.1, 0.15) is 0 Å². The minimum Gasteiger partial charge on any atom is -0.358 e. The van der Waals surface area contributed by atoms with E-state index in [-0.39, 0.29) is 36.7 Å². The summed E-state index contributed by atoms with van der Waals surface area (Å²) in [5.41, 5.74) is 1.11. The van der Waals surface area contributed by atoms with Gasteiger partial charge in [0.25, 0.3) is 0 Å². The minimum atomic E-state index is -0.319. The van der Waals surface area contributed by atoms with Gasteiger partial charge in [-0.15, -0.1) is 0 Å². The van der Waals surface area contributed by atoms with Crippen molar-refractivity contribution in [1.82, 2.24) is 15.5 Å². The summed E-state index contributed by atoms with van der Waals surface area (Å²) in [6.45, 7) is 0.467. The summed E-state index contributed by atoms with van der Waals surface area (Å²) in [7, 11) is 1.50. The number of hydrogen-bond acceptors (Lipinski definition) is 3. The molecule has 0 saturated carbocycles. The SMILES string of the molecule is CNC(=O)CNC(=O)CN1C[C@H](c2ccccc2)CC1=O. The predicted molar refractivity (Wildman–Crippen MR) is 77.5 cm³/mol. The molecule has 2 N–H and O–H groups in total. The first-order valence-electron chi connectivity index (χ1n) is 6.90. The third-order valence-electron chi connectivity index (χ3n) is 3.54. The minimum absolute atomic E-state index is 0.000832. The summed E-state index contributed by atoms with van der Waals surface area (Å²) >= 11 is 0. The first kappa shape index (κ1) is 15.0. The van der Waals surface area contributed by atoms with Gasteiger partial charge in [-0.25, -0.2) is 0 Å². The van der Waals surface area contributed by atoms with Gasteiger partial charge in [0.05, 0.1) is 13.1 Å². The summed E-state index contributed by atoms with van der Waals surface area (Å²) < 4.78 is 0. The van der Waals surface area contributed by atoms with E-state index in [4.69, 9.17) is 0 Å². The highest BCUT2D eigenvalue weighted by atomic mass is 16.2. The molecule has 1 saturated heterocycles. The Balaban J connectivity index is 1.86. The molecule has 1 aliphatic rings. The number of likely N-dealkylation sites (N-methyl/N-ethyl adjacent to an activating group) is 1. The zero-order valence-electron chi connectivity index (χ0n) is 12.0. The van der Waals surface area contributed by atoms with Crippen molar-refractivity contribution in [2.24, 2.45) is 0 Å². The second-order valence-electron chi connectivity index (χ2n) is 5.04. The number of amides is 3. The largest absolute Gasteiger partial charge is 0.358 e. The van der Waals surface area contributed by atoms with E-state index >= 15 is 0 Å². The molecule has 112 valence electrons. The molecule has 0 spiro atoms. The number of nitrogens with one attached hydrogen (secondary N) is 2. The highest BCUT2D eigenvalue weighted by Crippen LogP contribution is 2.27. The fraction of sp³-hybridized carbons (Fsp3) is 0.400. The summed E-state index contributed by atoms with van der Waals surface area (Å²) in [5.74, 6) is -0.483. The monoisotopic (exact) mass is 289 g/mol. The van der Waals surface area contributed by atoms with Gasteiger partial charge in [0.15, 0.2) is 0 Å². The highest BCUT2D eigenvalue weighted by molar-refractivity contribution is 5.89. The second-order valence-corrected chi connectivity index (χ2v) is 5.04. The van der Waals surface area contributed by atoms with E-state index in [1.54, 1.807) is 0 Å². The van der Waals surface area contributed by atoms with Gasteiger partial charge < -0.3 is 15.5 Å². The Bertz CT molecular complexity index is 530. The molecule has 6 nitrogen and oxygen atoms in total. The molecule has 1 aliphatic heterocycles. The van der Waals surface area contributed by atoms with Crippen molar-refractivity contribution in [1.29, 1.82) is 0 Å². The van der Waals surface area contributed by atoms with Gasteiger partial charge >= 0.3 is 0 Å². The smallest absolute Gasteiger partial charge is 0.240 e. The zero-order valence-corrected chi connectivity index (χ0v) is 12.0. The molecule has 1 aromatic carbocycles. The number of rotatable bonds is 5. The third kappa shape index (κ3) is 4.05. The number of likely N-dealkylation sites (tertiary alicyclic amines) is 1. The zero-order chi connectivity index (χ0) is 15.2. The Morgan fingerprint density at radius 1 is 1.24 bits per heavy atom. The van der Waals surface area contributed by atoms with Gasteiger partial charge in [-0.3, -0.25) is 14.4 Å². The molecule has 0 aromatic heterocycles. The van der Waals surface area contributed by atoms with Crippen LogP contribution >= 0.6 is 0 Å². The normalized spacial score (nSPS) is 17.7. The van der Waals surface area contributed by atoms with E-state index in [1.165, 1.54) is 11.9 Å². The van der Waals surface area contributed by atoms with Crippen LogP contribution in [0.15, 0.2) is 30.3 Å². The molecule has 21 heavy (non-hydrogen) atoms. The van der Waals surface area contributed by atoms with Crippen molar-refractivity contribution in [3.05, 3.63) is 35.9 Å². The predicted octanol–water partition coefficient (Wildman–Crippen LogP) is -0.135. The van der Waals surface area contributed by atoms with Crippen LogP contribution in [0.5, 0.6) is 0 Å². The third-order valence-corrected chi connectivity index (χ3v) is 3.54. The standard InChI is InChI=1S/C15H19N3O3/c1-16-13(19)8-17-14(20)10-18-9-12(7-15(18)21)11-5-3-2-4-6-11/h2-6,12H,7-10H2,1H3,(H,16,19)(H,17,20)/t12-/m1/s1. The van der Waals surface area contributed by atoms with E-state index in [2.05, 4.69) is 10.6 Å². The topological polar surface area (TPSA) is 78.5 Å². The van der Waals surface area contributed by atoms with Crippen LogP contribution in [0.25, 0.3) is 0 Å². The number of benzene rings is 1. The molecular weight excluding hydrogens is 270 g/mol. The first-order valence-corrected chi connectivity index (χ1v) is 6.90. The lowest BCUT2D eigenvalue weighted by atomic mass is 9.99. The molecule has 1 heterocycles. The van der Waals surface area contributed by atoms with Crippen LogP contribution < -0.4 is 10.6 Å². The lowest BCUT2D eigenvalue weighted by Crippen LogP contribution is -2.41. The first-order chi connectivity index (χ1) is 10.1. The summed E-state index contributed by atoms with van der Waals surface area (Å²) in [4.78, 5) is 36.3. The summed E-state index contributed by atoms with van der Waals surface area (Å²) in [6.07, 6.45) is 0.423. The fourth-order valence-corrected chi connectivity index (χ4v) is 2.37. The Morgan fingerprint density at radius 3 is 2.62 bits per heavy atom. The highest BCUT2D eigenvalue weighted by Gasteiger charge is 2.31. The van der Waals surface area contributed by atoms with Crippen LogP contribution in [-0.2, 0) is 14.4 Å². The quantitative estimate of drug-likeness (QED) is 0.792. The number of hydrogen-bond donors (Lipinski definition) is 2. The van der Waals surface area contributed by atoms with Crippen LogP contribution in [0.4, 0.5) is 0 Å². The molecule has 1 atom stereocenters. The Labute approximate surface area is 123 Å². The van der Waals surface area contributed by atoms with Crippen molar-refractivity contribution < 1.29 is 14.4 Å². The maximum absolute atomic E-state index is 12.0. The molecule has 0 aliphatic carbocycles. The lowest BCUT2D eigenvalue weighted by molar-refractivity contribution is -0.133. The van der Waals surface area contributed by atoms with Gasteiger partial charge in [-0.05, 0) is 5.56 Å². The van der Waals surface area contributed by atoms with Crippen molar-refractivity contribution in [3.8, 4) is 0 Å². The van der Waals surface area contributed by atoms with Crippen molar-refractivity contribution in [2.45, 2.75) is 12.3 Å². The number of carbonyl (C=O) groups excluding carboxylic acids is 3. The van der Waals surface area contributed by atoms with Crippen LogP contribution in [0.1, 0.15) is 17.9 Å². The average molecular weight is 289 g/mol. The maximum atomic E-state index is 12.0. The molecule has 6 heteroatoms. The van der Waals surface area contributed by atoms with Crippen LogP contribution in [0.3, 0.4) is 0 Å². The van der Waals surface area contributed by atoms with Crippen molar-refractivity contribution in [3.63, 3.8) is 0 Å². The molecular formula is C15H19N3O3. The van der Waals surface area contributed by atoms with E-state index in [1.807, 2.05) is 30.3 Å². The molecule has 1 fully saturated rings. The van der Waals surface area contributed by atoms with Crippen molar-refractivity contribution in [2.75, 3.05) is 26.7 Å². The number of carbonyl (C=O) groups is 3. The fourth-order valence-electron chi connectivity index (χ4n) is 2.37. The van der Waals surface area contributed by atoms with Crippen molar-refractivity contribution >= 4 is 17.7 Å². The van der Waals surface area contributed by atoms with Crippen LogP contribution in [-0.4, -0.2) is 49.3 Å². The van der Waals surface area contributed by atoms with Gasteiger partial charge in [0, 0.05) is 25.9 Å². The van der Waals surface area contributed by atoms with E-state index in [9.17, 15) is 14.4 Å². The lowest BCUT2D eigenvalue weighted by Gasteiger charge is -2.16. The average Bonchev–Trinajstić information content (AvgIpc) is 2.86. The van der Waals surface area contributed by atoms with E-state index in [0.717, 1.165) is 5.56 Å². The molecule has 0 bridgehead atoms. The molecule has 3 amide bonds. The van der Waals surface area contributed by atoms with Gasteiger partial charge in [0.2, 0.25) is 17.7 Å². The molecule has 1 aromatic rings. The maximum Gasteiger partial charge on any atom is 0.240 e.